The maximum Gasteiger partial charge on any atom is 0.214 e. The molecule has 0 radical (unpaired) electrons. The fraction of sp³-hybridized carbons (Fsp3) is 0.300. The lowest BCUT2D eigenvalue weighted by molar-refractivity contribution is 0.284. The van der Waals surface area contributed by atoms with Crippen molar-refractivity contribution in [1.29, 1.82) is 0 Å². The van der Waals surface area contributed by atoms with E-state index in [2.05, 4.69) is 34.7 Å². The van der Waals surface area contributed by atoms with Crippen LogP contribution in [0.15, 0.2) is 36.4 Å². The van der Waals surface area contributed by atoms with Crippen LogP contribution in [0, 0.1) is 11.7 Å². The Hall–Kier alpha value is -2.51. The van der Waals surface area contributed by atoms with Gasteiger partial charge >= 0.3 is 0 Å². The predicted octanol–water partition coefficient (Wildman–Crippen LogP) is 4.80. The number of benzene rings is 2. The van der Waals surface area contributed by atoms with Crippen molar-refractivity contribution < 1.29 is 9.47 Å². The van der Waals surface area contributed by atoms with Gasteiger partial charge in [-0.15, -0.1) is 0 Å². The molecule has 0 unspecified atom stereocenters. The number of ether oxygens (including phenoxy) is 2. The van der Waals surface area contributed by atoms with E-state index >= 15 is 0 Å². The molecule has 6 nitrogen and oxygen atoms in total. The summed E-state index contributed by atoms with van der Waals surface area (Å²) in [6, 6.07) is 11.8. The number of nitrogens with zero attached hydrogens (tertiary/aromatic N) is 2. The Morgan fingerprint density at radius 3 is 2.79 bits per heavy atom. The maximum atomic E-state index is 6.48. The van der Waals surface area contributed by atoms with Gasteiger partial charge in [-0.1, -0.05) is 48.4 Å². The second kappa shape index (κ2) is 9.12. The molecule has 0 aliphatic heterocycles. The molecule has 148 valence electrons. The third-order valence-electron chi connectivity index (χ3n) is 4.30. The van der Waals surface area contributed by atoms with Gasteiger partial charge in [-0.05, 0) is 36.3 Å². The van der Waals surface area contributed by atoms with Crippen LogP contribution in [0.25, 0.3) is 0 Å². The summed E-state index contributed by atoms with van der Waals surface area (Å²) in [4.78, 5) is 0. The molecular weight excluding hydrogens is 396 g/mol. The summed E-state index contributed by atoms with van der Waals surface area (Å²) >= 11 is 11.7. The van der Waals surface area contributed by atoms with Crippen molar-refractivity contribution in [2.24, 2.45) is 0 Å². The molecule has 2 N–H and O–H groups in total. The van der Waals surface area contributed by atoms with Gasteiger partial charge in [0, 0.05) is 17.5 Å². The van der Waals surface area contributed by atoms with Crippen LogP contribution in [0.2, 0.25) is 5.02 Å². The van der Waals surface area contributed by atoms with E-state index < -0.39 is 0 Å². The van der Waals surface area contributed by atoms with Crippen LogP contribution in [0.3, 0.4) is 0 Å². The van der Waals surface area contributed by atoms with Gasteiger partial charge in [-0.25, -0.2) is 4.68 Å². The molecule has 0 amide bonds. The van der Waals surface area contributed by atoms with E-state index in [1.54, 1.807) is 17.9 Å². The van der Waals surface area contributed by atoms with E-state index in [1.807, 2.05) is 25.1 Å². The minimum Gasteiger partial charge on any atom is -0.493 e. The lowest BCUT2D eigenvalue weighted by Gasteiger charge is -2.15. The lowest BCUT2D eigenvalue weighted by Crippen LogP contribution is -2.17. The Bertz CT molecular complexity index is 1020. The van der Waals surface area contributed by atoms with Crippen LogP contribution in [0.4, 0.5) is 0 Å². The normalized spacial score (nSPS) is 10.7. The Morgan fingerprint density at radius 1 is 1.25 bits per heavy atom. The molecule has 1 aromatic heterocycles. The van der Waals surface area contributed by atoms with Crippen molar-refractivity contribution in [1.82, 2.24) is 14.9 Å². The summed E-state index contributed by atoms with van der Waals surface area (Å²) < 4.78 is 13.7. The van der Waals surface area contributed by atoms with Crippen LogP contribution < -0.4 is 14.9 Å². The number of methoxy groups -OCH3 is 1. The number of aromatic nitrogens is 3. The number of halogens is 1. The zero-order valence-electron chi connectivity index (χ0n) is 16.1. The summed E-state index contributed by atoms with van der Waals surface area (Å²) in [5.41, 5.74) is 6.39. The van der Waals surface area contributed by atoms with Crippen molar-refractivity contribution in [3.05, 3.63) is 68.7 Å². The number of nitrogens with one attached hydrogen (secondary N) is 2. The van der Waals surface area contributed by atoms with Gasteiger partial charge in [-0.3, -0.25) is 5.10 Å². The topological polar surface area (TPSA) is 64.1 Å². The molecule has 0 aliphatic rings. The molecule has 0 spiro atoms. The largest absolute Gasteiger partial charge is 0.493 e. The van der Waals surface area contributed by atoms with Crippen LogP contribution in [0.1, 0.15) is 29.4 Å². The molecule has 3 rings (SSSR count). The first-order valence-corrected chi connectivity index (χ1v) is 9.75. The first-order chi connectivity index (χ1) is 13.5. The highest BCUT2D eigenvalue weighted by Gasteiger charge is 2.12. The van der Waals surface area contributed by atoms with Crippen molar-refractivity contribution in [2.45, 2.75) is 33.4 Å². The van der Waals surface area contributed by atoms with Crippen molar-refractivity contribution in [3.63, 3.8) is 0 Å². The second-order valence-electron chi connectivity index (χ2n) is 6.34. The first kappa shape index (κ1) is 20.2. The van der Waals surface area contributed by atoms with Crippen molar-refractivity contribution in [3.8, 4) is 11.5 Å². The third-order valence-corrected chi connectivity index (χ3v) is 4.92. The third kappa shape index (κ3) is 4.66. The zero-order chi connectivity index (χ0) is 20.1. The van der Waals surface area contributed by atoms with E-state index in [0.29, 0.717) is 34.4 Å². The van der Waals surface area contributed by atoms with Crippen molar-refractivity contribution >= 4 is 23.8 Å². The quantitative estimate of drug-likeness (QED) is 0.514. The van der Waals surface area contributed by atoms with E-state index in [4.69, 9.17) is 33.3 Å². The Morgan fingerprint density at radius 2 is 2.07 bits per heavy atom. The Balaban J connectivity index is 1.75. The summed E-state index contributed by atoms with van der Waals surface area (Å²) in [5.74, 6) is 2.05. The van der Waals surface area contributed by atoms with Gasteiger partial charge in [0.2, 0.25) is 4.77 Å². The van der Waals surface area contributed by atoms with Crippen LogP contribution >= 0.6 is 23.8 Å². The maximum absolute atomic E-state index is 6.48. The zero-order valence-corrected chi connectivity index (χ0v) is 17.7. The highest BCUT2D eigenvalue weighted by molar-refractivity contribution is 7.71. The summed E-state index contributed by atoms with van der Waals surface area (Å²) in [7, 11) is 1.61. The molecule has 0 saturated heterocycles. The fourth-order valence-electron chi connectivity index (χ4n) is 2.84. The average Bonchev–Trinajstić information content (AvgIpc) is 3.05. The monoisotopic (exact) mass is 418 g/mol. The van der Waals surface area contributed by atoms with Gasteiger partial charge in [-0.2, -0.15) is 5.10 Å². The summed E-state index contributed by atoms with van der Waals surface area (Å²) in [5, 5.41) is 7.55. The molecule has 1 heterocycles. The molecule has 0 aliphatic carbocycles. The van der Waals surface area contributed by atoms with E-state index in [9.17, 15) is 0 Å². The lowest BCUT2D eigenvalue weighted by atomic mass is 10.1. The second-order valence-corrected chi connectivity index (χ2v) is 7.13. The number of aromatic amines is 1. The Kier molecular flexibility index (Phi) is 6.59. The minimum absolute atomic E-state index is 0.440. The van der Waals surface area contributed by atoms with Crippen LogP contribution in [0.5, 0.6) is 11.5 Å². The fourth-order valence-corrected chi connectivity index (χ4v) is 3.28. The summed E-state index contributed by atoms with van der Waals surface area (Å²) in [6.07, 6.45) is 0.753. The number of hydrogen-bond acceptors (Lipinski definition) is 5. The first-order valence-electron chi connectivity index (χ1n) is 8.96. The Labute approximate surface area is 174 Å². The van der Waals surface area contributed by atoms with E-state index in [0.717, 1.165) is 23.4 Å². The van der Waals surface area contributed by atoms with Gasteiger partial charge in [0.05, 0.1) is 13.7 Å². The number of aryl methyl sites for hydroxylation is 2. The molecule has 28 heavy (non-hydrogen) atoms. The predicted molar refractivity (Wildman–Crippen MR) is 113 cm³/mol. The van der Waals surface area contributed by atoms with E-state index in [-0.39, 0.29) is 0 Å². The van der Waals surface area contributed by atoms with Crippen LogP contribution in [-0.4, -0.2) is 22.0 Å². The molecule has 0 saturated carbocycles. The SMILES string of the molecule is CCc1n[nH]c(=S)n1NCc1cc(OC)c(OCc2cccc(C)c2)cc1Cl. The van der Waals surface area contributed by atoms with Gasteiger partial charge in [0.1, 0.15) is 6.61 Å². The molecule has 2 aromatic carbocycles. The summed E-state index contributed by atoms with van der Waals surface area (Å²) in [6.45, 7) is 4.97. The van der Waals surface area contributed by atoms with Gasteiger partial charge < -0.3 is 14.9 Å². The highest BCUT2D eigenvalue weighted by atomic mass is 35.5. The standard InChI is InChI=1S/C20H23ClN4O2S/c1-4-19-23-24-20(28)25(19)22-11-15-9-17(26-3)18(10-16(15)21)27-12-14-7-5-6-13(2)8-14/h5-10,22H,4,11-12H2,1-3H3,(H,24,28). The van der Waals surface area contributed by atoms with Gasteiger partial charge in [0.15, 0.2) is 17.3 Å². The molecule has 8 heteroatoms. The number of H-pyrrole nitrogens is 1. The number of hydrogen-bond donors (Lipinski definition) is 2. The highest BCUT2D eigenvalue weighted by Crippen LogP contribution is 2.34. The van der Waals surface area contributed by atoms with Crippen LogP contribution in [-0.2, 0) is 19.6 Å². The molecular formula is C20H23ClN4O2S. The van der Waals surface area contributed by atoms with E-state index in [1.165, 1.54) is 5.56 Å². The average molecular weight is 419 g/mol. The smallest absolute Gasteiger partial charge is 0.214 e. The van der Waals surface area contributed by atoms with Crippen molar-refractivity contribution in [2.75, 3.05) is 12.5 Å². The molecule has 0 fully saturated rings. The molecule has 0 bridgehead atoms. The molecule has 3 aromatic rings. The number of rotatable bonds is 8. The molecule has 0 atom stereocenters. The minimum atomic E-state index is 0.440. The van der Waals surface area contributed by atoms with Gasteiger partial charge in [0.25, 0.3) is 0 Å².